The molecule has 2 aromatic carbocycles. The molecule has 6 nitrogen and oxygen atoms in total. The average molecular weight is 436 g/mol. The summed E-state index contributed by atoms with van der Waals surface area (Å²) in [6.07, 6.45) is 0. The molecular formula is C21H19Cl2NO5. The summed E-state index contributed by atoms with van der Waals surface area (Å²) in [5.41, 5.74) is 0.885. The van der Waals surface area contributed by atoms with Gasteiger partial charge in [0.15, 0.2) is 0 Å². The number of methoxy groups -OCH3 is 2. The molecule has 152 valence electrons. The van der Waals surface area contributed by atoms with Gasteiger partial charge in [-0.15, -0.1) is 0 Å². The molecule has 0 spiro atoms. The molecule has 8 heteroatoms. The third kappa shape index (κ3) is 4.10. The first-order chi connectivity index (χ1) is 13.9. The molecule has 1 amide bonds. The molecule has 1 atom stereocenters. The van der Waals surface area contributed by atoms with E-state index in [1.807, 2.05) is 0 Å². The van der Waals surface area contributed by atoms with E-state index in [1.54, 1.807) is 42.5 Å². The van der Waals surface area contributed by atoms with E-state index in [1.165, 1.54) is 19.1 Å². The van der Waals surface area contributed by atoms with Gasteiger partial charge < -0.3 is 19.5 Å². The van der Waals surface area contributed by atoms with Crippen molar-refractivity contribution in [1.29, 1.82) is 0 Å². The fourth-order valence-corrected chi connectivity index (χ4v) is 3.56. The number of halogens is 2. The van der Waals surface area contributed by atoms with Crippen LogP contribution in [0.1, 0.15) is 17.2 Å². The maximum absolute atomic E-state index is 12.8. The van der Waals surface area contributed by atoms with E-state index in [0.29, 0.717) is 21.9 Å². The van der Waals surface area contributed by atoms with Crippen LogP contribution in [-0.4, -0.2) is 49.1 Å². The summed E-state index contributed by atoms with van der Waals surface area (Å²) in [5, 5.41) is 11.6. The molecular weight excluding hydrogens is 417 g/mol. The zero-order chi connectivity index (χ0) is 21.1. The number of rotatable bonds is 6. The van der Waals surface area contributed by atoms with Gasteiger partial charge in [0.1, 0.15) is 11.5 Å². The third-order valence-corrected chi connectivity index (χ3v) is 5.42. The molecule has 1 aliphatic rings. The number of hydrogen-bond acceptors (Lipinski definition) is 5. The molecule has 0 aromatic heterocycles. The van der Waals surface area contributed by atoms with Crippen molar-refractivity contribution in [3.8, 4) is 5.75 Å². The van der Waals surface area contributed by atoms with Gasteiger partial charge in [0, 0.05) is 19.2 Å². The first-order valence-corrected chi connectivity index (χ1v) is 9.51. The van der Waals surface area contributed by atoms with Crippen LogP contribution in [0.2, 0.25) is 10.0 Å². The Morgan fingerprint density at radius 1 is 1.10 bits per heavy atom. The van der Waals surface area contributed by atoms with Crippen LogP contribution in [0, 0.1) is 0 Å². The van der Waals surface area contributed by atoms with Crippen molar-refractivity contribution < 1.29 is 24.2 Å². The summed E-state index contributed by atoms with van der Waals surface area (Å²) in [6, 6.07) is 10.6. The zero-order valence-electron chi connectivity index (χ0n) is 15.8. The van der Waals surface area contributed by atoms with Crippen LogP contribution >= 0.6 is 23.2 Å². The highest BCUT2D eigenvalue weighted by Gasteiger charge is 2.46. The number of aliphatic hydroxyl groups excluding tert-OH is 1. The Kier molecular flexibility index (Phi) is 6.47. The lowest BCUT2D eigenvalue weighted by Gasteiger charge is -2.25. The highest BCUT2D eigenvalue weighted by Crippen LogP contribution is 2.41. The summed E-state index contributed by atoms with van der Waals surface area (Å²) in [7, 11) is 3.00. The smallest absolute Gasteiger partial charge is 0.295 e. The number of nitrogens with zero attached hydrogens (tertiary/aromatic N) is 1. The maximum atomic E-state index is 12.8. The van der Waals surface area contributed by atoms with Crippen LogP contribution < -0.4 is 4.74 Å². The number of hydrogen-bond donors (Lipinski definition) is 1. The minimum absolute atomic E-state index is 0.0299. The normalized spacial score (nSPS) is 18.3. The minimum atomic E-state index is -0.828. The first kappa shape index (κ1) is 21.2. The molecule has 1 unspecified atom stereocenters. The van der Waals surface area contributed by atoms with Crippen LogP contribution in [0.25, 0.3) is 5.76 Å². The number of aliphatic hydroxyl groups is 1. The predicted molar refractivity (Wildman–Crippen MR) is 110 cm³/mol. The van der Waals surface area contributed by atoms with Gasteiger partial charge in [0.25, 0.3) is 11.7 Å². The van der Waals surface area contributed by atoms with Crippen molar-refractivity contribution in [3.05, 3.63) is 69.2 Å². The van der Waals surface area contributed by atoms with Crippen molar-refractivity contribution in [1.82, 2.24) is 4.90 Å². The molecule has 1 heterocycles. The van der Waals surface area contributed by atoms with Gasteiger partial charge >= 0.3 is 0 Å². The Labute approximate surface area is 178 Å². The number of carbonyl (C=O) groups excluding carboxylic acids is 2. The Balaban J connectivity index is 2.19. The van der Waals surface area contributed by atoms with Crippen LogP contribution in [0.5, 0.6) is 5.75 Å². The van der Waals surface area contributed by atoms with Gasteiger partial charge in [0.05, 0.1) is 35.4 Å². The summed E-state index contributed by atoms with van der Waals surface area (Å²) in [4.78, 5) is 26.9. The zero-order valence-corrected chi connectivity index (χ0v) is 17.3. The highest BCUT2D eigenvalue weighted by molar-refractivity contribution is 6.46. The fourth-order valence-electron chi connectivity index (χ4n) is 3.26. The SMILES string of the molecule is COCCN1C(=O)C(=O)/C(=C(\O)c2cccc(OC)c2)C1c1ccc(Cl)c(Cl)c1. The maximum Gasteiger partial charge on any atom is 0.295 e. The van der Waals surface area contributed by atoms with Gasteiger partial charge in [-0.25, -0.2) is 0 Å². The van der Waals surface area contributed by atoms with E-state index in [2.05, 4.69) is 0 Å². The summed E-state index contributed by atoms with van der Waals surface area (Å²) >= 11 is 12.2. The molecule has 0 aliphatic carbocycles. The van der Waals surface area contributed by atoms with Crippen molar-refractivity contribution in [3.63, 3.8) is 0 Å². The van der Waals surface area contributed by atoms with Gasteiger partial charge in [-0.1, -0.05) is 41.4 Å². The number of carbonyl (C=O) groups is 2. The molecule has 1 fully saturated rings. The third-order valence-electron chi connectivity index (χ3n) is 4.68. The first-order valence-electron chi connectivity index (χ1n) is 8.75. The summed E-state index contributed by atoms with van der Waals surface area (Å²) in [5.74, 6) is -1.29. The van der Waals surface area contributed by atoms with Gasteiger partial charge in [-0.05, 0) is 29.8 Å². The van der Waals surface area contributed by atoms with E-state index in [0.717, 1.165) is 0 Å². The molecule has 1 aliphatic heterocycles. The second-order valence-corrected chi connectivity index (χ2v) is 7.21. The number of likely N-dealkylation sites (tertiary alicyclic amines) is 1. The van der Waals surface area contributed by atoms with Crippen LogP contribution in [-0.2, 0) is 14.3 Å². The monoisotopic (exact) mass is 435 g/mol. The Morgan fingerprint density at radius 2 is 1.86 bits per heavy atom. The van der Waals surface area contributed by atoms with Crippen molar-refractivity contribution in [2.45, 2.75) is 6.04 Å². The molecule has 1 N–H and O–H groups in total. The molecule has 2 aromatic rings. The predicted octanol–water partition coefficient (Wildman–Crippen LogP) is 4.07. The number of amides is 1. The second kappa shape index (κ2) is 8.86. The van der Waals surface area contributed by atoms with E-state index in [9.17, 15) is 14.7 Å². The molecule has 0 bridgehead atoms. The molecule has 29 heavy (non-hydrogen) atoms. The quantitative estimate of drug-likeness (QED) is 0.420. The highest BCUT2D eigenvalue weighted by atomic mass is 35.5. The number of ketones is 1. The standard InChI is InChI=1S/C21H19Cl2NO5/c1-28-9-8-24-18(12-6-7-15(22)16(23)11-12)17(20(26)21(24)27)19(25)13-4-3-5-14(10-13)29-2/h3-7,10-11,18,25H,8-9H2,1-2H3/b19-17-. The lowest BCUT2D eigenvalue weighted by atomic mass is 9.95. The lowest BCUT2D eigenvalue weighted by Crippen LogP contribution is -2.32. The summed E-state index contributed by atoms with van der Waals surface area (Å²) in [6.45, 7) is 0.394. The van der Waals surface area contributed by atoms with Crippen molar-refractivity contribution in [2.75, 3.05) is 27.4 Å². The van der Waals surface area contributed by atoms with Gasteiger partial charge in [-0.3, -0.25) is 9.59 Å². The topological polar surface area (TPSA) is 76.1 Å². The summed E-state index contributed by atoms with van der Waals surface area (Å²) < 4.78 is 10.3. The minimum Gasteiger partial charge on any atom is -0.507 e. The largest absolute Gasteiger partial charge is 0.507 e. The Hall–Kier alpha value is -2.54. The molecule has 3 rings (SSSR count). The van der Waals surface area contributed by atoms with Crippen molar-refractivity contribution in [2.24, 2.45) is 0 Å². The van der Waals surface area contributed by atoms with Crippen LogP contribution in [0.4, 0.5) is 0 Å². The average Bonchev–Trinajstić information content (AvgIpc) is 2.98. The molecule has 1 saturated heterocycles. The van der Waals surface area contributed by atoms with Crippen molar-refractivity contribution >= 4 is 40.7 Å². The van der Waals surface area contributed by atoms with Crippen LogP contribution in [0.15, 0.2) is 48.0 Å². The lowest BCUT2D eigenvalue weighted by molar-refractivity contribution is -0.140. The number of Topliss-reactive ketones (excluding diaryl/α,β-unsaturated/α-hetero) is 1. The van der Waals surface area contributed by atoms with E-state index in [4.69, 9.17) is 32.7 Å². The molecule has 0 radical (unpaired) electrons. The Morgan fingerprint density at radius 3 is 2.52 bits per heavy atom. The molecule has 0 saturated carbocycles. The second-order valence-electron chi connectivity index (χ2n) is 6.39. The Bertz CT molecular complexity index is 989. The number of benzene rings is 2. The van der Waals surface area contributed by atoms with Crippen LogP contribution in [0.3, 0.4) is 0 Å². The van der Waals surface area contributed by atoms with Gasteiger partial charge in [-0.2, -0.15) is 0 Å². The van der Waals surface area contributed by atoms with E-state index < -0.39 is 17.7 Å². The fraction of sp³-hybridized carbons (Fsp3) is 0.238. The van der Waals surface area contributed by atoms with E-state index >= 15 is 0 Å². The van der Waals surface area contributed by atoms with E-state index in [-0.39, 0.29) is 29.5 Å². The number of ether oxygens (including phenoxy) is 2. The van der Waals surface area contributed by atoms with Gasteiger partial charge in [0.2, 0.25) is 0 Å².